The molecule has 3 fully saturated rings. The van der Waals surface area contributed by atoms with Crippen molar-refractivity contribution in [2.24, 2.45) is 17.8 Å². The molecule has 3 amide bonds. The molecule has 1 aromatic heterocycles. The highest BCUT2D eigenvalue weighted by Crippen LogP contribution is 2.64. The third-order valence-electron chi connectivity index (χ3n) is 10.1. The fourth-order valence-corrected chi connectivity index (χ4v) is 7.95. The zero-order chi connectivity index (χ0) is 32.8. The Hall–Kier alpha value is -4.35. The molecule has 3 aromatic rings. The summed E-state index contributed by atoms with van der Waals surface area (Å²) in [4.78, 5) is 49.0. The number of carbonyl (C=O) groups is 3. The normalized spacial score (nSPS) is 27.2. The number of benzene rings is 2. The molecule has 0 radical (unpaired) electrons. The molecule has 242 valence electrons. The van der Waals surface area contributed by atoms with E-state index in [1.807, 2.05) is 75.4 Å². The van der Waals surface area contributed by atoms with E-state index in [0.717, 1.165) is 5.52 Å². The number of likely N-dealkylation sites (tertiary alicyclic amines) is 1. The summed E-state index contributed by atoms with van der Waals surface area (Å²) in [5, 5.41) is 19.2. The van der Waals surface area contributed by atoms with Crippen molar-refractivity contribution in [3.8, 4) is 0 Å². The third-order valence-corrected chi connectivity index (χ3v) is 10.1. The monoisotopic (exact) mass is 626 g/mol. The van der Waals surface area contributed by atoms with Crippen molar-refractivity contribution >= 4 is 34.4 Å². The molecule has 11 heteroatoms. The van der Waals surface area contributed by atoms with Crippen LogP contribution in [0.4, 0.5) is 5.69 Å². The number of para-hydroxylation sites is 2. The van der Waals surface area contributed by atoms with E-state index in [1.165, 1.54) is 4.90 Å². The summed E-state index contributed by atoms with van der Waals surface area (Å²) in [7, 11) is 0. The smallest absolute Gasteiger partial charge is 0.250 e. The molecule has 6 rings (SSSR count). The molecule has 4 heterocycles. The number of aliphatic hydroxyl groups excluding tert-OH is 1. The SMILES string of the molecule is C=CCN(Cn1nnc2ccccc21)C(=O)C1N([C@@H](CO)C(C)C)C(=O)[C@@H]2[C@@H](C(=O)N(CC=C)c3ccccc3)[C@@]3(C)CCC12O3. The van der Waals surface area contributed by atoms with E-state index in [4.69, 9.17) is 4.74 Å². The highest BCUT2D eigenvalue weighted by molar-refractivity contribution is 6.03. The molecule has 3 aliphatic heterocycles. The topological polar surface area (TPSA) is 121 Å². The molecule has 1 spiro atoms. The van der Waals surface area contributed by atoms with Gasteiger partial charge in [0.1, 0.15) is 23.8 Å². The van der Waals surface area contributed by atoms with Gasteiger partial charge in [0.25, 0.3) is 0 Å². The molecule has 2 bridgehead atoms. The number of amides is 3. The Morgan fingerprint density at radius 3 is 2.43 bits per heavy atom. The van der Waals surface area contributed by atoms with Gasteiger partial charge in [0.15, 0.2) is 0 Å². The summed E-state index contributed by atoms with van der Waals surface area (Å²) < 4.78 is 8.53. The highest BCUT2D eigenvalue weighted by atomic mass is 16.5. The van der Waals surface area contributed by atoms with E-state index >= 15 is 0 Å². The Balaban J connectivity index is 1.44. The lowest BCUT2D eigenvalue weighted by Gasteiger charge is -2.40. The molecule has 6 atom stereocenters. The number of hydrogen-bond acceptors (Lipinski definition) is 7. The maximum Gasteiger partial charge on any atom is 0.250 e. The van der Waals surface area contributed by atoms with Crippen LogP contribution in [0.25, 0.3) is 11.0 Å². The predicted molar refractivity (Wildman–Crippen MR) is 173 cm³/mol. The molecule has 2 aromatic carbocycles. The predicted octanol–water partition coefficient (Wildman–Crippen LogP) is 3.40. The van der Waals surface area contributed by atoms with Crippen LogP contribution in [0, 0.1) is 17.8 Å². The van der Waals surface area contributed by atoms with Gasteiger partial charge in [-0.05, 0) is 49.9 Å². The number of anilines is 1. The van der Waals surface area contributed by atoms with E-state index in [2.05, 4.69) is 23.5 Å². The Kier molecular flexibility index (Phi) is 8.32. The molecule has 2 unspecified atom stereocenters. The number of ether oxygens (including phenoxy) is 1. The molecule has 1 N–H and O–H groups in total. The minimum Gasteiger partial charge on any atom is -0.394 e. The van der Waals surface area contributed by atoms with Crippen LogP contribution in [0.2, 0.25) is 0 Å². The van der Waals surface area contributed by atoms with E-state index in [0.29, 0.717) is 24.0 Å². The van der Waals surface area contributed by atoms with Gasteiger partial charge < -0.3 is 24.5 Å². The zero-order valence-corrected chi connectivity index (χ0v) is 26.7. The van der Waals surface area contributed by atoms with Gasteiger partial charge in [-0.3, -0.25) is 14.4 Å². The minimum atomic E-state index is -1.26. The van der Waals surface area contributed by atoms with Crippen LogP contribution >= 0.6 is 0 Å². The van der Waals surface area contributed by atoms with Crippen LogP contribution < -0.4 is 4.90 Å². The van der Waals surface area contributed by atoms with Crippen molar-refractivity contribution in [3.63, 3.8) is 0 Å². The summed E-state index contributed by atoms with van der Waals surface area (Å²) in [6, 6.07) is 15.1. The lowest BCUT2D eigenvalue weighted by atomic mass is 9.66. The fraction of sp³-hybridized carbons (Fsp3) is 0.457. The lowest BCUT2D eigenvalue weighted by Crippen LogP contribution is -2.59. The number of hydrogen-bond donors (Lipinski definition) is 1. The molecule has 3 aliphatic rings. The first-order valence-corrected chi connectivity index (χ1v) is 15.9. The van der Waals surface area contributed by atoms with E-state index in [1.54, 1.807) is 26.6 Å². The average Bonchev–Trinajstić information content (AvgIpc) is 3.75. The fourth-order valence-electron chi connectivity index (χ4n) is 7.95. The van der Waals surface area contributed by atoms with E-state index in [9.17, 15) is 19.5 Å². The summed E-state index contributed by atoms with van der Waals surface area (Å²) in [6.07, 6.45) is 4.22. The van der Waals surface area contributed by atoms with Crippen LogP contribution in [-0.4, -0.2) is 90.6 Å². The quantitative estimate of drug-likeness (QED) is 0.306. The summed E-state index contributed by atoms with van der Waals surface area (Å²) in [5.74, 6) is -2.86. The average molecular weight is 627 g/mol. The second kappa shape index (κ2) is 12.1. The first kappa shape index (κ1) is 31.6. The van der Waals surface area contributed by atoms with Crippen molar-refractivity contribution in [3.05, 3.63) is 79.9 Å². The minimum absolute atomic E-state index is 0.0663. The maximum absolute atomic E-state index is 14.9. The number of aliphatic hydroxyl groups is 1. The molecule has 3 saturated heterocycles. The largest absolute Gasteiger partial charge is 0.394 e. The maximum atomic E-state index is 14.9. The van der Waals surface area contributed by atoms with Gasteiger partial charge in [-0.25, -0.2) is 4.68 Å². The van der Waals surface area contributed by atoms with Gasteiger partial charge in [-0.1, -0.05) is 61.5 Å². The van der Waals surface area contributed by atoms with Crippen molar-refractivity contribution in [1.29, 1.82) is 0 Å². The standard InChI is InChI=1S/C35H42N6O5/c1-6-19-38(22-40-26-16-12-11-15-25(26)36-37-40)33(45)30-35-18-17-34(5,46-35)28(29(35)32(44)41(30)27(21-42)23(3)4)31(43)39(20-7-2)24-13-9-8-10-14-24/h6-16,23,27-30,42H,1-2,17-22H2,3-5H3/t27-,28-,29-,30?,34+,35?/m0/s1. The zero-order valence-electron chi connectivity index (χ0n) is 26.7. The first-order valence-electron chi connectivity index (χ1n) is 15.9. The van der Waals surface area contributed by atoms with E-state index in [-0.39, 0.29) is 50.0 Å². The van der Waals surface area contributed by atoms with Gasteiger partial charge in [-0.2, -0.15) is 0 Å². The first-order chi connectivity index (χ1) is 22.1. The van der Waals surface area contributed by atoms with Crippen molar-refractivity contribution in [2.75, 3.05) is 24.6 Å². The highest BCUT2D eigenvalue weighted by Gasteiger charge is 2.79. The second-order valence-corrected chi connectivity index (χ2v) is 13.1. The van der Waals surface area contributed by atoms with Gasteiger partial charge in [0.05, 0.1) is 35.6 Å². The van der Waals surface area contributed by atoms with Gasteiger partial charge in [0, 0.05) is 18.8 Å². The summed E-state index contributed by atoms with van der Waals surface area (Å²) >= 11 is 0. The van der Waals surface area contributed by atoms with Crippen molar-refractivity contribution < 1.29 is 24.2 Å². The summed E-state index contributed by atoms with van der Waals surface area (Å²) in [5.41, 5.74) is -0.0791. The Morgan fingerprint density at radius 1 is 1.07 bits per heavy atom. The van der Waals surface area contributed by atoms with Crippen LogP contribution in [0.15, 0.2) is 79.9 Å². The van der Waals surface area contributed by atoms with Crippen LogP contribution in [0.3, 0.4) is 0 Å². The Labute approximate surface area is 269 Å². The number of nitrogens with zero attached hydrogens (tertiary/aromatic N) is 6. The van der Waals surface area contributed by atoms with Gasteiger partial charge >= 0.3 is 0 Å². The molecule has 0 aliphatic carbocycles. The molecular weight excluding hydrogens is 584 g/mol. The van der Waals surface area contributed by atoms with Gasteiger partial charge in [0.2, 0.25) is 17.7 Å². The van der Waals surface area contributed by atoms with Crippen LogP contribution in [0.5, 0.6) is 0 Å². The number of aromatic nitrogens is 3. The third kappa shape index (κ3) is 4.84. The number of carbonyl (C=O) groups excluding carboxylic acids is 3. The van der Waals surface area contributed by atoms with Crippen molar-refractivity contribution in [2.45, 2.75) is 63.6 Å². The number of rotatable bonds is 12. The second-order valence-electron chi connectivity index (χ2n) is 13.1. The molecule has 11 nitrogen and oxygen atoms in total. The summed E-state index contributed by atoms with van der Waals surface area (Å²) in [6.45, 7) is 13.6. The van der Waals surface area contributed by atoms with Crippen LogP contribution in [-0.2, 0) is 25.8 Å². The van der Waals surface area contributed by atoms with Gasteiger partial charge in [-0.15, -0.1) is 18.3 Å². The van der Waals surface area contributed by atoms with Crippen LogP contribution in [0.1, 0.15) is 33.6 Å². The van der Waals surface area contributed by atoms with Crippen molar-refractivity contribution in [1.82, 2.24) is 24.8 Å². The molecule has 46 heavy (non-hydrogen) atoms. The molecular formula is C35H42N6O5. The van der Waals surface area contributed by atoms with E-state index < -0.39 is 35.1 Å². The Bertz CT molecular complexity index is 1660. The Morgan fingerprint density at radius 2 is 1.76 bits per heavy atom. The number of fused-ring (bicyclic) bond motifs is 2. The molecule has 0 saturated carbocycles. The lowest BCUT2D eigenvalue weighted by molar-refractivity contribution is -0.156.